The van der Waals surface area contributed by atoms with Crippen molar-refractivity contribution in [3.05, 3.63) is 89.2 Å². The molecule has 0 unspecified atom stereocenters. The zero-order valence-corrected chi connectivity index (χ0v) is 24.5. The third-order valence-electron chi connectivity index (χ3n) is 7.31. The van der Waals surface area contributed by atoms with Gasteiger partial charge in [0.2, 0.25) is 0 Å². The molecule has 1 saturated heterocycles. The van der Waals surface area contributed by atoms with Crippen LogP contribution in [0.2, 0.25) is 0 Å². The summed E-state index contributed by atoms with van der Waals surface area (Å²) in [6, 6.07) is 23.2. The normalized spacial score (nSPS) is 14.4. The standard InChI is InChI=1S/C31H43N5O.CH3F.CH4.FH.H2/c1-4-36-30(22-28(34-36)21-25-11-7-5-8-12-25)27-15-18-35(19-16-27)20-17-29(26-13-9-6-10-14-26)33-31(37)32-23-24(2)3;1-2;;;/h5-14,22,24,27,29H,4,15-21,23H2,1-3H3,(H2,32,33,37);1H3;1H4;2*1H/t29-;;;;/m0..../s1/i;;;;1+2/hT. The number of hydrogen-bond donors (Lipinski definition) is 2. The molecule has 1 aromatic heterocycles. The molecule has 230 valence electrons. The highest BCUT2D eigenvalue weighted by Gasteiger charge is 2.25. The minimum absolute atomic E-state index is 0. The van der Waals surface area contributed by atoms with E-state index in [1.165, 1.54) is 11.3 Å². The van der Waals surface area contributed by atoms with Crippen molar-refractivity contribution < 1.29 is 15.3 Å². The van der Waals surface area contributed by atoms with Crippen LogP contribution in [0.5, 0.6) is 0 Å². The minimum Gasteiger partial charge on any atom is -0.338 e. The molecule has 6 nitrogen and oxygen atoms in total. The summed E-state index contributed by atoms with van der Waals surface area (Å²) < 4.78 is 24.7. The maximum absolute atomic E-state index is 12.5. The number of piperidine rings is 1. The first kappa shape index (κ1) is 33.9. The molecule has 41 heavy (non-hydrogen) atoms. The summed E-state index contributed by atoms with van der Waals surface area (Å²) in [6.07, 6.45) is 4.08. The summed E-state index contributed by atoms with van der Waals surface area (Å²) in [6.45, 7) is 11.1. The van der Waals surface area contributed by atoms with Gasteiger partial charge in [-0.15, -0.1) is 0 Å². The van der Waals surface area contributed by atoms with E-state index in [1.54, 1.807) is 0 Å². The topological polar surface area (TPSA) is 62.2 Å². The lowest BCUT2D eigenvalue weighted by molar-refractivity contribution is 0.197. The van der Waals surface area contributed by atoms with Crippen molar-refractivity contribution in [1.82, 2.24) is 25.3 Å². The number of carbonyl (C=O) groups excluding carboxylic acids is 1. The number of halogens is 2. The van der Waals surface area contributed by atoms with Gasteiger partial charge in [0.25, 0.3) is 1.45 Å². The number of likely N-dealkylation sites (tertiary alicyclic amines) is 1. The number of carbonyl (C=O) groups is 1. The smallest absolute Gasteiger partial charge is 0.315 e. The van der Waals surface area contributed by atoms with Crippen molar-refractivity contribution >= 4 is 6.03 Å². The molecule has 2 N–H and O–H groups in total. The van der Waals surface area contributed by atoms with Crippen LogP contribution in [0.4, 0.5) is 13.9 Å². The van der Waals surface area contributed by atoms with Crippen molar-refractivity contribution in [2.45, 2.75) is 72.4 Å². The van der Waals surface area contributed by atoms with E-state index in [2.05, 4.69) is 91.0 Å². The summed E-state index contributed by atoms with van der Waals surface area (Å²) in [5, 5.41) is 11.1. The molecule has 0 saturated carbocycles. The van der Waals surface area contributed by atoms with Crippen molar-refractivity contribution in [3.8, 4) is 0 Å². The Morgan fingerprint density at radius 3 is 2.29 bits per heavy atom. The molecule has 0 bridgehead atoms. The van der Waals surface area contributed by atoms with E-state index in [0.717, 1.165) is 63.1 Å². The molecule has 2 aromatic carbocycles. The van der Waals surface area contributed by atoms with Crippen LogP contribution in [0.1, 0.15) is 83.4 Å². The van der Waals surface area contributed by atoms with Crippen molar-refractivity contribution in [2.75, 3.05) is 33.4 Å². The Bertz CT molecular complexity index is 1110. The molecule has 8 heteroatoms. The number of rotatable bonds is 11. The number of urea groups is 1. The molecule has 1 atom stereocenters. The number of hydrogen-bond acceptors (Lipinski definition) is 3. The minimum atomic E-state index is -0.0830. The van der Waals surface area contributed by atoms with E-state index < -0.39 is 0 Å². The van der Waals surface area contributed by atoms with Crippen LogP contribution >= 0.6 is 0 Å². The van der Waals surface area contributed by atoms with Crippen LogP contribution in [0.3, 0.4) is 0 Å². The number of nitrogens with zero attached hydrogens (tertiary/aromatic N) is 3. The molecule has 0 aliphatic carbocycles. The van der Waals surface area contributed by atoms with E-state index in [-0.39, 0.29) is 20.9 Å². The van der Waals surface area contributed by atoms with Gasteiger partial charge in [0.1, 0.15) is 0 Å². The van der Waals surface area contributed by atoms with Gasteiger partial charge >= 0.3 is 6.03 Å². The molecule has 0 radical (unpaired) electrons. The lowest BCUT2D eigenvalue weighted by Gasteiger charge is -2.33. The van der Waals surface area contributed by atoms with E-state index in [4.69, 9.17) is 9.82 Å². The highest BCUT2D eigenvalue weighted by Crippen LogP contribution is 2.30. The molecule has 1 fully saturated rings. The van der Waals surface area contributed by atoms with Gasteiger partial charge in [-0.2, -0.15) is 5.10 Å². The highest BCUT2D eigenvalue weighted by atomic mass is 19.1. The number of amides is 2. The summed E-state index contributed by atoms with van der Waals surface area (Å²) >= 11 is 0. The average molecular weight is 578 g/mol. The summed E-state index contributed by atoms with van der Waals surface area (Å²) in [4.78, 5) is 15.1. The second-order valence-electron chi connectivity index (χ2n) is 10.7. The van der Waals surface area contributed by atoms with Gasteiger partial charge in [0.05, 0.1) is 18.9 Å². The number of benzene rings is 2. The molecule has 2 heterocycles. The maximum atomic E-state index is 12.5. The molecule has 2 amide bonds. The Hall–Kier alpha value is -3.26. The van der Waals surface area contributed by atoms with Gasteiger partial charge in [0.15, 0.2) is 0 Å². The molecule has 0 spiro atoms. The molecular weight excluding hydrogens is 520 g/mol. The number of alkyl halides is 1. The lowest BCUT2D eigenvalue weighted by atomic mass is 9.92. The van der Waals surface area contributed by atoms with E-state index >= 15 is 0 Å². The quantitative estimate of drug-likeness (QED) is 0.250. The number of aryl methyl sites for hydroxylation is 1. The second kappa shape index (κ2) is 19.0. The first-order valence-electron chi connectivity index (χ1n) is 14.7. The Labute approximate surface area is 249 Å². The van der Waals surface area contributed by atoms with Crippen LogP contribution in [-0.4, -0.2) is 55.5 Å². The van der Waals surface area contributed by atoms with Crippen molar-refractivity contribution in [1.29, 1.82) is 1.45 Å². The Balaban J connectivity index is 0.00000282. The van der Waals surface area contributed by atoms with Crippen LogP contribution in [0, 0.1) is 5.92 Å². The summed E-state index contributed by atoms with van der Waals surface area (Å²) in [5.74, 6) is 0.985. The fraction of sp³-hybridized carbons (Fsp3) is 0.515. The largest absolute Gasteiger partial charge is 0.338 e. The highest BCUT2D eigenvalue weighted by molar-refractivity contribution is 5.74. The number of nitrogens with one attached hydrogen (secondary N) is 2. The van der Waals surface area contributed by atoms with Gasteiger partial charge in [-0.3, -0.25) is 13.8 Å². The fourth-order valence-corrected chi connectivity index (χ4v) is 5.24. The fourth-order valence-electron chi connectivity index (χ4n) is 5.24. The van der Waals surface area contributed by atoms with E-state index in [9.17, 15) is 9.18 Å². The molecule has 1 aliphatic rings. The maximum Gasteiger partial charge on any atom is 0.315 e. The lowest BCUT2D eigenvalue weighted by Crippen LogP contribution is -2.41. The SMILES string of the molecule is C.CCn1nc(Cc2ccccc2)cc1C1CCN(CC[C@H](NC(=O)NCC(C)C)c2ccccc2)CC1.CF.[3HH].[3H]F. The predicted octanol–water partition coefficient (Wildman–Crippen LogP) is 7.38. The van der Waals surface area contributed by atoms with Gasteiger partial charge in [-0.05, 0) is 62.4 Å². The van der Waals surface area contributed by atoms with Gasteiger partial charge < -0.3 is 15.5 Å². The van der Waals surface area contributed by atoms with Crippen molar-refractivity contribution in [3.63, 3.8) is 0 Å². The zero-order valence-electron chi connectivity index (χ0n) is 25.5. The third-order valence-corrected chi connectivity index (χ3v) is 7.31. The summed E-state index contributed by atoms with van der Waals surface area (Å²) in [7, 11) is 0.500. The van der Waals surface area contributed by atoms with Crippen LogP contribution < -0.4 is 10.6 Å². The monoisotopic (exact) mass is 577 g/mol. The van der Waals surface area contributed by atoms with E-state index in [0.29, 0.717) is 25.6 Å². The first-order valence-corrected chi connectivity index (χ1v) is 14.3. The second-order valence-corrected chi connectivity index (χ2v) is 10.7. The Kier molecular flexibility index (Phi) is 15.7. The van der Waals surface area contributed by atoms with E-state index in [1.807, 2.05) is 18.2 Å². The van der Waals surface area contributed by atoms with Crippen LogP contribution in [0.25, 0.3) is 0 Å². The van der Waals surface area contributed by atoms with Gasteiger partial charge in [0, 0.05) is 39.1 Å². The van der Waals surface area contributed by atoms with Crippen LogP contribution in [-0.2, 0) is 13.0 Å². The zero-order chi connectivity index (χ0) is 30.0. The Morgan fingerprint density at radius 2 is 1.71 bits per heavy atom. The Morgan fingerprint density at radius 1 is 1.10 bits per heavy atom. The third kappa shape index (κ3) is 11.3. The molecular formula is C33H53F2N5O. The van der Waals surface area contributed by atoms with Gasteiger partial charge in [-0.25, -0.2) is 4.79 Å². The molecule has 3 aromatic rings. The first-order chi connectivity index (χ1) is 20.0. The summed E-state index contributed by atoms with van der Waals surface area (Å²) in [5.41, 5.74) is 5.02. The molecule has 4 rings (SSSR count). The average Bonchev–Trinajstić information content (AvgIpc) is 3.44. The molecule has 1 aliphatic heterocycles. The van der Waals surface area contributed by atoms with Crippen LogP contribution in [0.15, 0.2) is 66.7 Å². The van der Waals surface area contributed by atoms with Crippen molar-refractivity contribution in [2.24, 2.45) is 5.92 Å². The predicted molar refractivity (Wildman–Crippen MR) is 169 cm³/mol. The number of aromatic nitrogens is 2. The van der Waals surface area contributed by atoms with Gasteiger partial charge in [-0.1, -0.05) is 81.9 Å².